The first-order chi connectivity index (χ1) is 18.7. The van der Waals surface area contributed by atoms with E-state index in [0.29, 0.717) is 65.9 Å². The molecule has 0 aliphatic carbocycles. The average Bonchev–Trinajstić information content (AvgIpc) is 3.42. The van der Waals surface area contributed by atoms with Gasteiger partial charge in [-0.3, -0.25) is 0 Å². The van der Waals surface area contributed by atoms with Crippen LogP contribution in [0.4, 0.5) is 5.13 Å². The number of aromatic nitrogens is 1. The van der Waals surface area contributed by atoms with Gasteiger partial charge in [-0.15, -0.1) is 11.3 Å². The average molecular weight is 547 g/mol. The van der Waals surface area contributed by atoms with Gasteiger partial charge in [0, 0.05) is 18.5 Å². The third-order valence-electron chi connectivity index (χ3n) is 5.43. The van der Waals surface area contributed by atoms with Gasteiger partial charge in [-0.2, -0.15) is 0 Å². The number of anilines is 1. The predicted molar refractivity (Wildman–Crippen MR) is 147 cm³/mol. The Hall–Kier alpha value is -2.73. The Morgan fingerprint density at radius 3 is 1.79 bits per heavy atom. The molecule has 3 aromatic rings. The zero-order valence-electron chi connectivity index (χ0n) is 22.2. The number of thiazole rings is 1. The standard InChI is InChI=1S/C28H38N2O7S/c1-32-26-7-3-5-23(17-26)19-30(20-24-6-4-8-27(18-24)33-2)28-29-25(22-38-28)21-37-16-15-36-14-13-35-12-11-34-10-9-31/h3-8,17-18,22,31H,9-16,19-21H2,1-2H3. The molecule has 0 unspecified atom stereocenters. The van der Waals surface area contributed by atoms with Crippen LogP contribution in [-0.4, -0.2) is 77.2 Å². The molecule has 2 aromatic carbocycles. The van der Waals surface area contributed by atoms with Crippen molar-refractivity contribution in [1.29, 1.82) is 0 Å². The van der Waals surface area contributed by atoms with Gasteiger partial charge < -0.3 is 38.4 Å². The van der Waals surface area contributed by atoms with Crippen molar-refractivity contribution in [3.8, 4) is 11.5 Å². The van der Waals surface area contributed by atoms with E-state index in [-0.39, 0.29) is 6.61 Å². The summed E-state index contributed by atoms with van der Waals surface area (Å²) in [4.78, 5) is 7.09. The Morgan fingerprint density at radius 1 is 0.737 bits per heavy atom. The summed E-state index contributed by atoms with van der Waals surface area (Å²) in [6.45, 7) is 5.05. The Morgan fingerprint density at radius 2 is 1.26 bits per heavy atom. The summed E-state index contributed by atoms with van der Waals surface area (Å²) in [5.74, 6) is 1.66. The van der Waals surface area contributed by atoms with Crippen LogP contribution in [0.2, 0.25) is 0 Å². The van der Waals surface area contributed by atoms with Crippen LogP contribution < -0.4 is 14.4 Å². The quantitative estimate of drug-likeness (QED) is 0.212. The molecular weight excluding hydrogens is 508 g/mol. The highest BCUT2D eigenvalue weighted by Gasteiger charge is 2.14. The minimum absolute atomic E-state index is 0.0241. The van der Waals surface area contributed by atoms with Crippen molar-refractivity contribution >= 4 is 16.5 Å². The van der Waals surface area contributed by atoms with Crippen LogP contribution in [0.15, 0.2) is 53.9 Å². The zero-order chi connectivity index (χ0) is 26.8. The van der Waals surface area contributed by atoms with E-state index in [9.17, 15) is 0 Å². The molecule has 10 heteroatoms. The highest BCUT2D eigenvalue weighted by molar-refractivity contribution is 7.13. The number of hydrogen-bond donors (Lipinski definition) is 1. The van der Waals surface area contributed by atoms with E-state index >= 15 is 0 Å². The van der Waals surface area contributed by atoms with E-state index in [4.69, 9.17) is 38.5 Å². The maximum absolute atomic E-state index is 8.64. The van der Waals surface area contributed by atoms with Crippen molar-refractivity contribution in [1.82, 2.24) is 4.98 Å². The smallest absolute Gasteiger partial charge is 0.186 e. The summed E-state index contributed by atoms with van der Waals surface area (Å²) < 4.78 is 32.6. The molecule has 0 radical (unpaired) electrons. The molecule has 0 saturated carbocycles. The topological polar surface area (TPSA) is 91.7 Å². The van der Waals surface area contributed by atoms with Crippen molar-refractivity contribution in [2.45, 2.75) is 19.7 Å². The van der Waals surface area contributed by atoms with E-state index in [2.05, 4.69) is 17.0 Å². The Balaban J connectivity index is 1.47. The molecule has 0 saturated heterocycles. The number of aliphatic hydroxyl groups is 1. The summed E-state index contributed by atoms with van der Waals surface area (Å²) in [6, 6.07) is 16.2. The lowest BCUT2D eigenvalue weighted by molar-refractivity contribution is -0.00766. The second kappa shape index (κ2) is 17.7. The largest absolute Gasteiger partial charge is 0.497 e. The molecule has 0 atom stereocenters. The number of benzene rings is 2. The van der Waals surface area contributed by atoms with Gasteiger partial charge in [-0.25, -0.2) is 4.98 Å². The molecule has 0 aliphatic rings. The van der Waals surface area contributed by atoms with Crippen LogP contribution in [-0.2, 0) is 38.6 Å². The molecule has 0 aliphatic heterocycles. The van der Waals surface area contributed by atoms with Crippen LogP contribution in [0, 0.1) is 0 Å². The van der Waals surface area contributed by atoms with Gasteiger partial charge in [0.2, 0.25) is 0 Å². The SMILES string of the molecule is COc1cccc(CN(Cc2cccc(OC)c2)c2nc(COCCOCCOCCOCCO)cs2)c1. The third kappa shape index (κ3) is 10.9. The van der Waals surface area contributed by atoms with Crippen LogP contribution in [0.25, 0.3) is 0 Å². The minimum Gasteiger partial charge on any atom is -0.497 e. The Labute approximate surface area is 228 Å². The van der Waals surface area contributed by atoms with Gasteiger partial charge >= 0.3 is 0 Å². The van der Waals surface area contributed by atoms with E-state index in [0.717, 1.165) is 33.5 Å². The maximum atomic E-state index is 8.64. The van der Waals surface area contributed by atoms with Crippen LogP contribution in [0.3, 0.4) is 0 Å². The van der Waals surface area contributed by atoms with Crippen molar-refractivity contribution in [2.75, 3.05) is 72.0 Å². The fourth-order valence-electron chi connectivity index (χ4n) is 3.58. The van der Waals surface area contributed by atoms with Gasteiger partial charge in [0.15, 0.2) is 5.13 Å². The molecule has 9 nitrogen and oxygen atoms in total. The van der Waals surface area contributed by atoms with Crippen molar-refractivity contribution in [3.63, 3.8) is 0 Å². The summed E-state index contributed by atoms with van der Waals surface area (Å²) in [5, 5.41) is 11.6. The molecule has 0 spiro atoms. The molecule has 3 rings (SSSR count). The van der Waals surface area contributed by atoms with E-state index in [1.807, 2.05) is 41.8 Å². The summed E-state index contributed by atoms with van der Waals surface area (Å²) in [6.07, 6.45) is 0. The minimum atomic E-state index is 0.0241. The molecule has 38 heavy (non-hydrogen) atoms. The van der Waals surface area contributed by atoms with Gasteiger partial charge in [0.1, 0.15) is 11.5 Å². The van der Waals surface area contributed by atoms with Crippen LogP contribution in [0.5, 0.6) is 11.5 Å². The summed E-state index contributed by atoms with van der Waals surface area (Å²) >= 11 is 1.60. The Kier molecular flexibility index (Phi) is 13.9. The van der Waals surface area contributed by atoms with Crippen LogP contribution in [0.1, 0.15) is 16.8 Å². The fraction of sp³-hybridized carbons (Fsp3) is 0.464. The lowest BCUT2D eigenvalue weighted by atomic mass is 10.1. The third-order valence-corrected chi connectivity index (χ3v) is 6.38. The summed E-state index contributed by atoms with van der Waals surface area (Å²) in [7, 11) is 3.36. The van der Waals surface area contributed by atoms with E-state index < -0.39 is 0 Å². The number of aliphatic hydroxyl groups excluding tert-OH is 1. The second-order valence-corrected chi connectivity index (χ2v) is 9.13. The first-order valence-electron chi connectivity index (χ1n) is 12.6. The zero-order valence-corrected chi connectivity index (χ0v) is 23.0. The first kappa shape index (κ1) is 29.8. The van der Waals surface area contributed by atoms with E-state index in [1.54, 1.807) is 25.6 Å². The van der Waals surface area contributed by atoms with Gasteiger partial charge in [-0.05, 0) is 35.4 Å². The summed E-state index contributed by atoms with van der Waals surface area (Å²) in [5.41, 5.74) is 3.16. The lowest BCUT2D eigenvalue weighted by Gasteiger charge is -2.22. The number of nitrogens with zero attached hydrogens (tertiary/aromatic N) is 2. The molecule has 1 aromatic heterocycles. The maximum Gasteiger partial charge on any atom is 0.186 e. The van der Waals surface area contributed by atoms with Crippen molar-refractivity contribution in [3.05, 3.63) is 70.7 Å². The lowest BCUT2D eigenvalue weighted by Crippen LogP contribution is -2.22. The molecular formula is C28H38N2O7S. The van der Waals surface area contributed by atoms with Gasteiger partial charge in [-0.1, -0.05) is 24.3 Å². The monoisotopic (exact) mass is 546 g/mol. The number of hydrogen-bond acceptors (Lipinski definition) is 10. The first-order valence-corrected chi connectivity index (χ1v) is 13.5. The van der Waals surface area contributed by atoms with Crippen molar-refractivity contribution < 1.29 is 33.5 Å². The number of ether oxygens (including phenoxy) is 6. The van der Waals surface area contributed by atoms with Gasteiger partial charge in [0.25, 0.3) is 0 Å². The molecule has 0 amide bonds. The van der Waals surface area contributed by atoms with E-state index in [1.165, 1.54) is 0 Å². The fourth-order valence-corrected chi connectivity index (χ4v) is 4.39. The van der Waals surface area contributed by atoms with Crippen LogP contribution >= 0.6 is 11.3 Å². The predicted octanol–water partition coefficient (Wildman–Crippen LogP) is 3.93. The molecule has 1 heterocycles. The van der Waals surface area contributed by atoms with Crippen molar-refractivity contribution in [2.24, 2.45) is 0 Å². The molecule has 0 fully saturated rings. The molecule has 1 N–H and O–H groups in total. The highest BCUT2D eigenvalue weighted by Crippen LogP contribution is 2.27. The van der Waals surface area contributed by atoms with Gasteiger partial charge in [0.05, 0.1) is 79.4 Å². The molecule has 208 valence electrons. The normalized spacial score (nSPS) is 11.0. The Bertz CT molecular complexity index is 1000. The number of methoxy groups -OCH3 is 2. The second-order valence-electron chi connectivity index (χ2n) is 8.29. The highest BCUT2D eigenvalue weighted by atomic mass is 32.1. The molecule has 0 bridgehead atoms. The number of rotatable bonds is 20.